The van der Waals surface area contributed by atoms with Crippen molar-refractivity contribution in [1.82, 2.24) is 0 Å². The molecular weight excluding hydrogens is 567 g/mol. The van der Waals surface area contributed by atoms with Gasteiger partial charge in [-0.15, -0.1) is 0 Å². The zero-order valence-electron chi connectivity index (χ0n) is 17.7. The third kappa shape index (κ3) is 4.62. The maximum absolute atomic E-state index is 13.8. The van der Waals surface area contributed by atoms with E-state index in [1.54, 1.807) is 0 Å². The number of ether oxygens (including phenoxy) is 1. The van der Waals surface area contributed by atoms with Crippen molar-refractivity contribution in [3.8, 4) is 0 Å². The molecule has 1 unspecified atom stereocenters. The standard InChI is InChI=1S/C19H13F17O/c1-3-10-6-4-5-7-11(10)8-37-19(35,36)18(33,34)17(31,32)16(29,30)15(27,28)14(25,26)13(23,24)12(21,22)9(2)20/h3-7,9H,1,8H2,2H3. The molecule has 0 bridgehead atoms. The van der Waals surface area contributed by atoms with Crippen LogP contribution in [-0.4, -0.2) is 53.7 Å². The smallest absolute Gasteiger partial charge is 0.311 e. The van der Waals surface area contributed by atoms with E-state index in [-0.39, 0.29) is 5.56 Å². The van der Waals surface area contributed by atoms with Crippen molar-refractivity contribution in [2.45, 2.75) is 67.3 Å². The minimum atomic E-state index is -8.61. The monoisotopic (exact) mass is 580 g/mol. The predicted octanol–water partition coefficient (Wildman–Crippen LogP) is 8.24. The van der Waals surface area contributed by atoms with Gasteiger partial charge in [0.15, 0.2) is 6.17 Å². The van der Waals surface area contributed by atoms with Gasteiger partial charge in [-0.2, -0.15) is 70.2 Å². The molecule has 0 aliphatic rings. The minimum absolute atomic E-state index is 0.171. The molecule has 1 rings (SSSR count). The second-order valence-corrected chi connectivity index (χ2v) is 7.39. The lowest BCUT2D eigenvalue weighted by atomic mass is 9.88. The zero-order valence-corrected chi connectivity index (χ0v) is 17.7. The number of hydrogen-bond donors (Lipinski definition) is 0. The van der Waals surface area contributed by atoms with Gasteiger partial charge in [0.05, 0.1) is 6.61 Å². The normalized spacial score (nSPS) is 16.1. The summed E-state index contributed by atoms with van der Waals surface area (Å²) >= 11 is 0. The van der Waals surface area contributed by atoms with Gasteiger partial charge in [0, 0.05) is 0 Å². The van der Waals surface area contributed by atoms with Crippen LogP contribution in [0.2, 0.25) is 0 Å². The molecule has 1 atom stereocenters. The van der Waals surface area contributed by atoms with Crippen molar-refractivity contribution >= 4 is 6.08 Å². The Kier molecular flexibility index (Phi) is 8.40. The molecule has 1 nitrogen and oxygen atoms in total. The first-order chi connectivity index (χ1) is 16.2. The second-order valence-electron chi connectivity index (χ2n) is 7.39. The van der Waals surface area contributed by atoms with Crippen LogP contribution < -0.4 is 0 Å². The Morgan fingerprint density at radius 1 is 0.676 bits per heavy atom. The Hall–Kier alpha value is -2.27. The van der Waals surface area contributed by atoms with Gasteiger partial charge >= 0.3 is 47.6 Å². The highest BCUT2D eigenvalue weighted by Gasteiger charge is 2.95. The highest BCUT2D eigenvalue weighted by molar-refractivity contribution is 5.51. The number of halogens is 17. The van der Waals surface area contributed by atoms with E-state index in [2.05, 4.69) is 11.3 Å². The molecule has 0 spiro atoms. The summed E-state index contributed by atoms with van der Waals surface area (Å²) in [5, 5.41) is 0. The summed E-state index contributed by atoms with van der Waals surface area (Å²) in [7, 11) is 0. The lowest BCUT2D eigenvalue weighted by Crippen LogP contribution is -2.75. The zero-order chi connectivity index (χ0) is 29.7. The Bertz CT molecular complexity index is 967. The first-order valence-corrected chi connectivity index (χ1v) is 9.23. The fraction of sp³-hybridized carbons (Fsp3) is 0.579. The SMILES string of the molecule is C=Cc1ccccc1COC(F)(F)C(F)(F)C(F)(F)C(F)(F)C(F)(F)C(F)(F)C(F)(F)C(F)(F)C(C)F. The third-order valence-electron chi connectivity index (χ3n) is 4.94. The molecule has 0 amide bonds. The molecule has 0 radical (unpaired) electrons. The van der Waals surface area contributed by atoms with Gasteiger partial charge in [0.2, 0.25) is 0 Å². The lowest BCUT2D eigenvalue weighted by Gasteiger charge is -2.43. The number of benzene rings is 1. The van der Waals surface area contributed by atoms with Gasteiger partial charge in [-0.05, 0) is 18.1 Å². The van der Waals surface area contributed by atoms with E-state index in [0.29, 0.717) is 0 Å². The Labute approximate surface area is 195 Å². The molecule has 1 aromatic carbocycles. The van der Waals surface area contributed by atoms with Gasteiger partial charge < -0.3 is 4.74 Å². The molecule has 0 aliphatic carbocycles. The molecule has 0 aromatic heterocycles. The molecular formula is C19H13F17O. The van der Waals surface area contributed by atoms with E-state index in [0.717, 1.165) is 24.3 Å². The molecule has 0 heterocycles. The van der Waals surface area contributed by atoms with Crippen LogP contribution in [0, 0.1) is 0 Å². The molecule has 0 saturated carbocycles. The van der Waals surface area contributed by atoms with Crippen molar-refractivity contribution in [1.29, 1.82) is 0 Å². The van der Waals surface area contributed by atoms with E-state index in [1.165, 1.54) is 6.07 Å². The number of alkyl halides is 17. The summed E-state index contributed by atoms with van der Waals surface area (Å²) < 4.78 is 234. The summed E-state index contributed by atoms with van der Waals surface area (Å²) in [5.74, 6) is -56.7. The predicted molar refractivity (Wildman–Crippen MR) is 91.5 cm³/mol. The van der Waals surface area contributed by atoms with Crippen molar-refractivity contribution < 1.29 is 79.4 Å². The Balaban J connectivity index is 3.54. The number of hydrogen-bond acceptors (Lipinski definition) is 1. The average molecular weight is 580 g/mol. The molecule has 214 valence electrons. The Morgan fingerprint density at radius 3 is 1.46 bits per heavy atom. The topological polar surface area (TPSA) is 9.23 Å². The van der Waals surface area contributed by atoms with Crippen LogP contribution in [-0.2, 0) is 11.3 Å². The summed E-state index contributed by atoms with van der Waals surface area (Å²) in [6, 6.07) is 4.16. The average Bonchev–Trinajstić information content (AvgIpc) is 2.76. The Morgan fingerprint density at radius 2 is 1.05 bits per heavy atom. The van der Waals surface area contributed by atoms with Gasteiger partial charge in [-0.3, -0.25) is 0 Å². The maximum Gasteiger partial charge on any atom is 0.426 e. The van der Waals surface area contributed by atoms with Gasteiger partial charge in [-0.1, -0.05) is 36.9 Å². The van der Waals surface area contributed by atoms with E-state index in [9.17, 15) is 74.6 Å². The van der Waals surface area contributed by atoms with Crippen molar-refractivity contribution in [3.05, 3.63) is 42.0 Å². The van der Waals surface area contributed by atoms with E-state index in [4.69, 9.17) is 0 Å². The highest BCUT2D eigenvalue weighted by Crippen LogP contribution is 2.64. The lowest BCUT2D eigenvalue weighted by molar-refractivity contribution is -0.474. The van der Waals surface area contributed by atoms with Crippen LogP contribution in [0.3, 0.4) is 0 Å². The van der Waals surface area contributed by atoms with Crippen LogP contribution in [0.1, 0.15) is 18.1 Å². The summed E-state index contributed by atoms with van der Waals surface area (Å²) in [5.41, 5.74) is -0.711. The van der Waals surface area contributed by atoms with Gasteiger partial charge in [0.25, 0.3) is 0 Å². The van der Waals surface area contributed by atoms with Gasteiger partial charge in [-0.25, -0.2) is 4.39 Å². The second kappa shape index (κ2) is 9.48. The van der Waals surface area contributed by atoms with Crippen LogP contribution >= 0.6 is 0 Å². The van der Waals surface area contributed by atoms with Crippen LogP contribution in [0.15, 0.2) is 30.8 Å². The summed E-state index contributed by atoms with van der Waals surface area (Å²) in [6.07, 6.45) is -10.5. The van der Waals surface area contributed by atoms with Crippen LogP contribution in [0.4, 0.5) is 74.6 Å². The fourth-order valence-electron chi connectivity index (χ4n) is 2.55. The maximum atomic E-state index is 13.8. The molecule has 18 heteroatoms. The largest absolute Gasteiger partial charge is 0.426 e. The van der Waals surface area contributed by atoms with E-state index >= 15 is 0 Å². The first-order valence-electron chi connectivity index (χ1n) is 9.23. The first kappa shape index (κ1) is 32.8. The molecule has 37 heavy (non-hydrogen) atoms. The van der Waals surface area contributed by atoms with E-state index in [1.807, 2.05) is 0 Å². The van der Waals surface area contributed by atoms with Crippen molar-refractivity contribution in [3.63, 3.8) is 0 Å². The van der Waals surface area contributed by atoms with Crippen LogP contribution in [0.5, 0.6) is 0 Å². The van der Waals surface area contributed by atoms with Crippen molar-refractivity contribution in [2.75, 3.05) is 0 Å². The molecule has 0 aliphatic heterocycles. The van der Waals surface area contributed by atoms with E-state index < -0.39 is 72.8 Å². The quantitative estimate of drug-likeness (QED) is 0.227. The summed E-state index contributed by atoms with van der Waals surface area (Å²) in [6.45, 7) is 0.682. The molecule has 0 fully saturated rings. The summed E-state index contributed by atoms with van der Waals surface area (Å²) in [4.78, 5) is 0. The van der Waals surface area contributed by atoms with Crippen LogP contribution in [0.25, 0.3) is 6.08 Å². The van der Waals surface area contributed by atoms with Gasteiger partial charge in [0.1, 0.15) is 0 Å². The number of rotatable bonds is 12. The minimum Gasteiger partial charge on any atom is -0.311 e. The molecule has 0 saturated heterocycles. The van der Waals surface area contributed by atoms with Crippen molar-refractivity contribution in [2.24, 2.45) is 0 Å². The fourth-order valence-corrected chi connectivity index (χ4v) is 2.55. The highest BCUT2D eigenvalue weighted by atomic mass is 19.4. The molecule has 0 N–H and O–H groups in total. The molecule has 1 aromatic rings. The third-order valence-corrected chi connectivity index (χ3v) is 4.94.